The number of fused-ring (bicyclic) bond motifs is 1. The molecule has 0 radical (unpaired) electrons. The molecule has 0 bridgehead atoms. The summed E-state index contributed by atoms with van der Waals surface area (Å²) in [6.07, 6.45) is 1.88. The Morgan fingerprint density at radius 3 is 2.85 bits per heavy atom. The molecule has 2 heterocycles. The minimum absolute atomic E-state index is 0.0822. The van der Waals surface area contributed by atoms with E-state index >= 15 is 0 Å². The normalized spacial score (nSPS) is 10.9. The molecule has 2 N–H and O–H groups in total. The lowest BCUT2D eigenvalue weighted by molar-refractivity contribution is -0.385. The third-order valence-corrected chi connectivity index (χ3v) is 5.09. The summed E-state index contributed by atoms with van der Waals surface area (Å²) in [7, 11) is 0. The molecule has 0 saturated carbocycles. The maximum absolute atomic E-state index is 12.5. The van der Waals surface area contributed by atoms with E-state index in [-0.39, 0.29) is 11.3 Å². The summed E-state index contributed by atoms with van der Waals surface area (Å²) in [5.41, 5.74) is 3.22. The van der Waals surface area contributed by atoms with E-state index in [0.717, 1.165) is 22.2 Å². The van der Waals surface area contributed by atoms with E-state index in [1.54, 1.807) is 13.0 Å². The van der Waals surface area contributed by atoms with Crippen molar-refractivity contribution in [3.8, 4) is 11.3 Å². The highest BCUT2D eigenvalue weighted by molar-refractivity contribution is 7.14. The van der Waals surface area contributed by atoms with Crippen LogP contribution >= 0.6 is 11.3 Å². The van der Waals surface area contributed by atoms with E-state index < -0.39 is 10.8 Å². The zero-order valence-electron chi connectivity index (χ0n) is 14.2. The van der Waals surface area contributed by atoms with E-state index in [0.29, 0.717) is 10.7 Å². The van der Waals surface area contributed by atoms with Crippen LogP contribution < -0.4 is 5.32 Å². The molecule has 0 spiro atoms. The highest BCUT2D eigenvalue weighted by atomic mass is 32.1. The van der Waals surface area contributed by atoms with Gasteiger partial charge in [0.1, 0.15) is 0 Å². The minimum Gasteiger partial charge on any atom is -0.360 e. The van der Waals surface area contributed by atoms with Crippen LogP contribution in [0.2, 0.25) is 0 Å². The maximum atomic E-state index is 12.5. The molecule has 0 saturated heterocycles. The maximum Gasteiger partial charge on any atom is 0.273 e. The second-order valence-corrected chi connectivity index (χ2v) is 6.80. The summed E-state index contributed by atoms with van der Waals surface area (Å²) in [6, 6.07) is 12.3. The quantitative estimate of drug-likeness (QED) is 0.395. The molecule has 7 nitrogen and oxygen atoms in total. The first-order valence-corrected chi connectivity index (χ1v) is 9.00. The third kappa shape index (κ3) is 3.06. The van der Waals surface area contributed by atoms with E-state index in [1.807, 2.05) is 35.8 Å². The predicted octanol–water partition coefficient (Wildman–Crippen LogP) is 4.76. The number of aromatic amines is 1. The van der Waals surface area contributed by atoms with Crippen molar-refractivity contribution in [3.63, 3.8) is 0 Å². The van der Waals surface area contributed by atoms with Gasteiger partial charge in [-0.15, -0.1) is 11.3 Å². The van der Waals surface area contributed by atoms with E-state index in [1.165, 1.54) is 23.5 Å². The number of carbonyl (C=O) groups excluding carboxylic acids is 1. The molecule has 4 aromatic rings. The average Bonchev–Trinajstić information content (AvgIpc) is 3.28. The summed E-state index contributed by atoms with van der Waals surface area (Å²) in [5.74, 6) is -0.420. The molecule has 0 fully saturated rings. The largest absolute Gasteiger partial charge is 0.360 e. The Balaban J connectivity index is 1.61. The van der Waals surface area contributed by atoms with Crippen molar-refractivity contribution >= 4 is 39.0 Å². The fraction of sp³-hybridized carbons (Fsp3) is 0.0526. The fourth-order valence-electron chi connectivity index (χ4n) is 2.97. The number of hydrogen-bond donors (Lipinski definition) is 2. The number of H-pyrrole nitrogens is 1. The molecular formula is C19H14N4O3S. The van der Waals surface area contributed by atoms with Gasteiger partial charge < -0.3 is 4.98 Å². The predicted molar refractivity (Wildman–Crippen MR) is 105 cm³/mol. The van der Waals surface area contributed by atoms with E-state index in [9.17, 15) is 14.9 Å². The molecule has 0 aliphatic carbocycles. The van der Waals surface area contributed by atoms with Gasteiger partial charge in [-0.3, -0.25) is 20.2 Å². The van der Waals surface area contributed by atoms with Gasteiger partial charge in [-0.25, -0.2) is 4.98 Å². The molecule has 8 heteroatoms. The van der Waals surface area contributed by atoms with Crippen LogP contribution in [0.3, 0.4) is 0 Å². The number of nitrogens with one attached hydrogen (secondary N) is 2. The number of nitro groups is 1. The van der Waals surface area contributed by atoms with Crippen LogP contribution in [0.25, 0.3) is 22.2 Å². The molecular weight excluding hydrogens is 364 g/mol. The van der Waals surface area contributed by atoms with Crippen molar-refractivity contribution < 1.29 is 9.72 Å². The van der Waals surface area contributed by atoms with Crippen molar-refractivity contribution in [2.24, 2.45) is 0 Å². The molecule has 27 heavy (non-hydrogen) atoms. The first kappa shape index (κ1) is 16.9. The smallest absolute Gasteiger partial charge is 0.273 e. The first-order chi connectivity index (χ1) is 13.0. The zero-order chi connectivity index (χ0) is 19.0. The number of aromatic nitrogens is 2. The number of rotatable bonds is 4. The average molecular weight is 378 g/mol. The van der Waals surface area contributed by atoms with Gasteiger partial charge in [-0.2, -0.15) is 0 Å². The second kappa shape index (κ2) is 6.65. The molecule has 1 amide bonds. The standard InChI is InChI=1S/C19H14N4O3S/c1-11-12(6-4-8-17(11)23(25)26)18(24)22-19-21-16(10-27-19)14-9-20-15-7-3-2-5-13(14)15/h2-10,20H,1H3,(H,21,22,24). The zero-order valence-corrected chi connectivity index (χ0v) is 15.0. The number of amides is 1. The number of carbonyl (C=O) groups is 1. The van der Waals surface area contributed by atoms with Crippen molar-refractivity contribution in [3.05, 3.63) is 75.3 Å². The van der Waals surface area contributed by atoms with Gasteiger partial charge in [0.2, 0.25) is 0 Å². The van der Waals surface area contributed by atoms with Crippen LogP contribution in [-0.4, -0.2) is 20.8 Å². The highest BCUT2D eigenvalue weighted by Crippen LogP contribution is 2.31. The molecule has 0 unspecified atom stereocenters. The highest BCUT2D eigenvalue weighted by Gasteiger charge is 2.19. The Morgan fingerprint density at radius 1 is 1.22 bits per heavy atom. The number of para-hydroxylation sites is 1. The molecule has 2 aromatic carbocycles. The van der Waals surface area contributed by atoms with Gasteiger partial charge in [0.15, 0.2) is 5.13 Å². The third-order valence-electron chi connectivity index (χ3n) is 4.34. The van der Waals surface area contributed by atoms with Crippen molar-refractivity contribution in [1.82, 2.24) is 9.97 Å². The Labute approximate surface area is 157 Å². The van der Waals surface area contributed by atoms with Crippen LogP contribution in [0.15, 0.2) is 54.0 Å². The van der Waals surface area contributed by atoms with Gasteiger partial charge in [-0.05, 0) is 19.1 Å². The minimum atomic E-state index is -0.495. The van der Waals surface area contributed by atoms with Crippen LogP contribution in [0, 0.1) is 17.0 Å². The lowest BCUT2D eigenvalue weighted by Crippen LogP contribution is -2.14. The number of benzene rings is 2. The van der Waals surface area contributed by atoms with Gasteiger partial charge >= 0.3 is 0 Å². The summed E-state index contributed by atoms with van der Waals surface area (Å²) in [4.78, 5) is 30.8. The van der Waals surface area contributed by atoms with Crippen LogP contribution in [0.1, 0.15) is 15.9 Å². The molecule has 134 valence electrons. The summed E-state index contributed by atoms with van der Waals surface area (Å²) < 4.78 is 0. The molecule has 0 aliphatic rings. The monoisotopic (exact) mass is 378 g/mol. The first-order valence-electron chi connectivity index (χ1n) is 8.12. The lowest BCUT2D eigenvalue weighted by Gasteiger charge is -2.05. The van der Waals surface area contributed by atoms with Crippen LogP contribution in [-0.2, 0) is 0 Å². The molecule has 4 rings (SSSR count). The number of thiazole rings is 1. The Kier molecular flexibility index (Phi) is 4.17. The van der Waals surface area contributed by atoms with Crippen molar-refractivity contribution in [1.29, 1.82) is 0 Å². The SMILES string of the molecule is Cc1c(C(=O)Nc2nc(-c3c[nH]c4ccccc34)cs2)cccc1[N+](=O)[O-]. The van der Waals surface area contributed by atoms with Crippen molar-refractivity contribution in [2.45, 2.75) is 6.92 Å². The summed E-state index contributed by atoms with van der Waals surface area (Å²) in [6.45, 7) is 1.56. The van der Waals surface area contributed by atoms with Gasteiger partial charge in [0.25, 0.3) is 11.6 Å². The molecule has 0 aliphatic heterocycles. The fourth-order valence-corrected chi connectivity index (χ4v) is 3.68. The molecule has 0 atom stereocenters. The Bertz CT molecular complexity index is 1180. The second-order valence-electron chi connectivity index (χ2n) is 5.95. The summed E-state index contributed by atoms with van der Waals surface area (Å²) >= 11 is 1.30. The van der Waals surface area contributed by atoms with Gasteiger partial charge in [0, 0.05) is 45.2 Å². The summed E-state index contributed by atoms with van der Waals surface area (Å²) in [5, 5.41) is 17.1. The van der Waals surface area contributed by atoms with Crippen molar-refractivity contribution in [2.75, 3.05) is 5.32 Å². The van der Waals surface area contributed by atoms with Gasteiger partial charge in [0.05, 0.1) is 10.6 Å². The molecule has 2 aromatic heterocycles. The topological polar surface area (TPSA) is 101 Å². The van der Waals surface area contributed by atoms with Crippen LogP contribution in [0.4, 0.5) is 10.8 Å². The van der Waals surface area contributed by atoms with E-state index in [4.69, 9.17) is 0 Å². The number of nitro benzene ring substituents is 1. The lowest BCUT2D eigenvalue weighted by atomic mass is 10.1. The van der Waals surface area contributed by atoms with E-state index in [2.05, 4.69) is 15.3 Å². The Hall–Kier alpha value is -3.52. The number of hydrogen-bond acceptors (Lipinski definition) is 5. The number of anilines is 1. The van der Waals surface area contributed by atoms with Crippen LogP contribution in [0.5, 0.6) is 0 Å². The van der Waals surface area contributed by atoms with Gasteiger partial charge in [-0.1, -0.05) is 24.3 Å². The number of nitrogens with zero attached hydrogens (tertiary/aromatic N) is 2. The Morgan fingerprint density at radius 2 is 2.04 bits per heavy atom.